The van der Waals surface area contributed by atoms with Gasteiger partial charge in [0.15, 0.2) is 11.5 Å². The van der Waals surface area contributed by atoms with Gasteiger partial charge in [-0.3, -0.25) is 4.79 Å². The lowest BCUT2D eigenvalue weighted by molar-refractivity contribution is -0.0958. The van der Waals surface area contributed by atoms with Crippen LogP contribution in [-0.4, -0.2) is 47.8 Å². The summed E-state index contributed by atoms with van der Waals surface area (Å²) >= 11 is 0. The molecule has 5 heteroatoms. The van der Waals surface area contributed by atoms with E-state index in [0.717, 1.165) is 19.3 Å². The average molecular weight is 289 g/mol. The third-order valence-corrected chi connectivity index (χ3v) is 4.55. The summed E-state index contributed by atoms with van der Waals surface area (Å²) < 4.78 is 11.2. The average Bonchev–Trinajstić information content (AvgIpc) is 3.28. The first-order valence-corrected chi connectivity index (χ1v) is 7.57. The van der Waals surface area contributed by atoms with E-state index in [1.165, 1.54) is 0 Å². The van der Waals surface area contributed by atoms with Gasteiger partial charge < -0.3 is 19.5 Å². The van der Waals surface area contributed by atoms with Crippen molar-refractivity contribution in [3.63, 3.8) is 0 Å². The highest BCUT2D eigenvalue weighted by molar-refractivity contribution is 5.95. The maximum atomic E-state index is 12.4. The van der Waals surface area contributed by atoms with Gasteiger partial charge in [0.1, 0.15) is 5.60 Å². The molecule has 4 rings (SSSR count). The first-order valence-electron chi connectivity index (χ1n) is 7.57. The smallest absolute Gasteiger partial charge is 0.254 e. The Bertz CT molecular complexity index is 576. The van der Waals surface area contributed by atoms with Crippen molar-refractivity contribution >= 4 is 5.91 Å². The molecule has 2 fully saturated rings. The van der Waals surface area contributed by atoms with E-state index in [-0.39, 0.29) is 5.91 Å². The fraction of sp³-hybridized carbons (Fsp3) is 0.562. The van der Waals surface area contributed by atoms with E-state index in [4.69, 9.17) is 9.47 Å². The second-order valence-electron chi connectivity index (χ2n) is 6.25. The molecule has 0 aromatic heterocycles. The minimum atomic E-state index is -0.638. The van der Waals surface area contributed by atoms with Gasteiger partial charge in [0, 0.05) is 12.0 Å². The van der Waals surface area contributed by atoms with Crippen molar-refractivity contribution in [2.24, 2.45) is 5.92 Å². The molecule has 0 radical (unpaired) electrons. The second kappa shape index (κ2) is 4.63. The lowest BCUT2D eigenvalue weighted by Crippen LogP contribution is -2.64. The number of fused-ring (bicyclic) bond motifs is 1. The quantitative estimate of drug-likeness (QED) is 0.895. The molecular formula is C16H19NO4. The lowest BCUT2D eigenvalue weighted by Gasteiger charge is -2.47. The van der Waals surface area contributed by atoms with Gasteiger partial charge in [-0.2, -0.15) is 0 Å². The van der Waals surface area contributed by atoms with E-state index in [0.29, 0.717) is 49.3 Å². The van der Waals surface area contributed by atoms with Crippen LogP contribution in [0.3, 0.4) is 0 Å². The fourth-order valence-corrected chi connectivity index (χ4v) is 3.12. The molecule has 1 saturated carbocycles. The Labute approximate surface area is 123 Å². The van der Waals surface area contributed by atoms with Crippen LogP contribution in [0.25, 0.3) is 0 Å². The maximum Gasteiger partial charge on any atom is 0.254 e. The van der Waals surface area contributed by atoms with Gasteiger partial charge in [0.05, 0.1) is 26.3 Å². The Morgan fingerprint density at radius 3 is 2.62 bits per heavy atom. The van der Waals surface area contributed by atoms with Gasteiger partial charge in [-0.1, -0.05) is 0 Å². The third-order valence-electron chi connectivity index (χ3n) is 4.55. The SMILES string of the molecule is O=C(c1ccc2c(c1)OCCCO2)N1CC(O)(C2CC2)C1. The van der Waals surface area contributed by atoms with E-state index in [1.54, 1.807) is 23.1 Å². The van der Waals surface area contributed by atoms with Crippen molar-refractivity contribution in [2.45, 2.75) is 24.9 Å². The molecule has 5 nitrogen and oxygen atoms in total. The van der Waals surface area contributed by atoms with Crippen LogP contribution in [0.4, 0.5) is 0 Å². The van der Waals surface area contributed by atoms with E-state index in [1.807, 2.05) is 0 Å². The number of carbonyl (C=O) groups excluding carboxylic acids is 1. The molecule has 21 heavy (non-hydrogen) atoms. The molecule has 1 aliphatic carbocycles. The van der Waals surface area contributed by atoms with Crippen LogP contribution in [0.2, 0.25) is 0 Å². The minimum absolute atomic E-state index is 0.0454. The molecular weight excluding hydrogens is 270 g/mol. The maximum absolute atomic E-state index is 12.4. The van der Waals surface area contributed by atoms with Crippen molar-refractivity contribution in [1.82, 2.24) is 4.90 Å². The number of ether oxygens (including phenoxy) is 2. The molecule has 1 saturated heterocycles. The molecule has 1 aromatic carbocycles. The van der Waals surface area contributed by atoms with Gasteiger partial charge in [-0.25, -0.2) is 0 Å². The number of nitrogens with zero attached hydrogens (tertiary/aromatic N) is 1. The van der Waals surface area contributed by atoms with E-state index >= 15 is 0 Å². The van der Waals surface area contributed by atoms with Crippen LogP contribution in [0.1, 0.15) is 29.6 Å². The van der Waals surface area contributed by atoms with Gasteiger partial charge in [-0.05, 0) is 37.0 Å². The summed E-state index contributed by atoms with van der Waals surface area (Å²) in [5.41, 5.74) is -0.0434. The number of hydrogen-bond acceptors (Lipinski definition) is 4. The Balaban J connectivity index is 1.49. The number of rotatable bonds is 2. The van der Waals surface area contributed by atoms with Crippen LogP contribution < -0.4 is 9.47 Å². The number of likely N-dealkylation sites (tertiary alicyclic amines) is 1. The first kappa shape index (κ1) is 13.0. The zero-order valence-corrected chi connectivity index (χ0v) is 11.9. The number of benzene rings is 1. The zero-order valence-electron chi connectivity index (χ0n) is 11.9. The molecule has 0 spiro atoms. The largest absolute Gasteiger partial charge is 0.490 e. The Hall–Kier alpha value is -1.75. The summed E-state index contributed by atoms with van der Waals surface area (Å²) in [6, 6.07) is 5.31. The van der Waals surface area contributed by atoms with Crippen molar-refractivity contribution in [2.75, 3.05) is 26.3 Å². The normalized spacial score (nSPS) is 23.2. The Kier molecular flexibility index (Phi) is 2.85. The van der Waals surface area contributed by atoms with Crippen molar-refractivity contribution in [3.8, 4) is 11.5 Å². The number of amides is 1. The van der Waals surface area contributed by atoms with Gasteiger partial charge in [-0.15, -0.1) is 0 Å². The van der Waals surface area contributed by atoms with Gasteiger partial charge in [0.2, 0.25) is 0 Å². The topological polar surface area (TPSA) is 59.0 Å². The zero-order chi connectivity index (χ0) is 14.4. The van der Waals surface area contributed by atoms with E-state index < -0.39 is 5.60 Å². The number of β-amino-alcohol motifs (C(OH)–C–C–N with tert-alkyl or cyclic N) is 1. The number of carbonyl (C=O) groups is 1. The van der Waals surface area contributed by atoms with E-state index in [9.17, 15) is 9.90 Å². The Morgan fingerprint density at radius 1 is 1.19 bits per heavy atom. The first-order chi connectivity index (χ1) is 10.2. The standard InChI is InChI=1S/C16H19NO4/c18-15(17-9-16(19,10-17)12-3-4-12)11-2-5-13-14(8-11)21-7-1-6-20-13/h2,5,8,12,19H,1,3-4,6-7,9-10H2. The third kappa shape index (κ3) is 2.25. The predicted octanol–water partition coefficient (Wildman–Crippen LogP) is 1.44. The molecule has 1 amide bonds. The van der Waals surface area contributed by atoms with Crippen LogP contribution in [-0.2, 0) is 0 Å². The monoisotopic (exact) mass is 289 g/mol. The lowest BCUT2D eigenvalue weighted by atomic mass is 9.88. The van der Waals surface area contributed by atoms with Gasteiger partial charge >= 0.3 is 0 Å². The summed E-state index contributed by atoms with van der Waals surface area (Å²) in [5, 5.41) is 10.3. The number of aliphatic hydroxyl groups is 1. The van der Waals surface area contributed by atoms with Crippen molar-refractivity contribution in [3.05, 3.63) is 23.8 Å². The summed E-state index contributed by atoms with van der Waals surface area (Å²) in [4.78, 5) is 14.2. The van der Waals surface area contributed by atoms with Crippen molar-refractivity contribution < 1.29 is 19.4 Å². The highest BCUT2D eigenvalue weighted by Gasteiger charge is 2.53. The van der Waals surface area contributed by atoms with E-state index in [2.05, 4.69) is 0 Å². The second-order valence-corrected chi connectivity index (χ2v) is 6.25. The molecule has 0 atom stereocenters. The molecule has 1 N–H and O–H groups in total. The molecule has 0 unspecified atom stereocenters. The molecule has 112 valence electrons. The van der Waals surface area contributed by atoms with Crippen LogP contribution in [0, 0.1) is 5.92 Å². The fourth-order valence-electron chi connectivity index (χ4n) is 3.12. The number of hydrogen-bond donors (Lipinski definition) is 1. The summed E-state index contributed by atoms with van der Waals surface area (Å²) in [6.45, 7) is 2.15. The highest BCUT2D eigenvalue weighted by Crippen LogP contribution is 2.45. The van der Waals surface area contributed by atoms with Crippen LogP contribution in [0.5, 0.6) is 11.5 Å². The Morgan fingerprint density at radius 2 is 1.90 bits per heavy atom. The molecule has 3 aliphatic rings. The predicted molar refractivity (Wildman–Crippen MR) is 75.6 cm³/mol. The molecule has 2 aliphatic heterocycles. The molecule has 1 aromatic rings. The minimum Gasteiger partial charge on any atom is -0.490 e. The highest BCUT2D eigenvalue weighted by atomic mass is 16.5. The van der Waals surface area contributed by atoms with Crippen molar-refractivity contribution in [1.29, 1.82) is 0 Å². The molecule has 2 heterocycles. The summed E-state index contributed by atoms with van der Waals surface area (Å²) in [7, 11) is 0. The van der Waals surface area contributed by atoms with Crippen LogP contribution >= 0.6 is 0 Å². The summed E-state index contributed by atoms with van der Waals surface area (Å²) in [5.74, 6) is 1.68. The summed E-state index contributed by atoms with van der Waals surface area (Å²) in [6.07, 6.45) is 3.02. The van der Waals surface area contributed by atoms with Crippen LogP contribution in [0.15, 0.2) is 18.2 Å². The molecule has 0 bridgehead atoms. The van der Waals surface area contributed by atoms with Gasteiger partial charge in [0.25, 0.3) is 5.91 Å².